The van der Waals surface area contributed by atoms with E-state index < -0.39 is 0 Å². The molecule has 1 aliphatic heterocycles. The van der Waals surface area contributed by atoms with Gasteiger partial charge in [0.15, 0.2) is 0 Å². The first kappa shape index (κ1) is 13.9. The standard InChI is InChI=1S/C11H19N3S.ClH/c1-2-10-6-13-11(15-10)8-14-5-3-4-9(12)7-14;/h6,9H,2-5,7-8,12H2,1H3;1H/t9-;/m1./s1. The summed E-state index contributed by atoms with van der Waals surface area (Å²) in [6.45, 7) is 5.36. The van der Waals surface area contributed by atoms with Gasteiger partial charge in [0.25, 0.3) is 0 Å². The lowest BCUT2D eigenvalue weighted by Crippen LogP contribution is -2.42. The van der Waals surface area contributed by atoms with E-state index in [2.05, 4.69) is 16.8 Å². The van der Waals surface area contributed by atoms with Crippen molar-refractivity contribution in [3.63, 3.8) is 0 Å². The van der Waals surface area contributed by atoms with Gasteiger partial charge in [-0.05, 0) is 25.8 Å². The van der Waals surface area contributed by atoms with Crippen LogP contribution in [0.25, 0.3) is 0 Å². The Bertz CT molecular complexity index is 316. The van der Waals surface area contributed by atoms with Crippen LogP contribution in [-0.2, 0) is 13.0 Å². The average molecular weight is 262 g/mol. The second kappa shape index (κ2) is 6.55. The number of nitrogens with two attached hydrogens (primary N) is 1. The number of aromatic nitrogens is 1. The van der Waals surface area contributed by atoms with Crippen molar-refractivity contribution in [2.24, 2.45) is 5.73 Å². The monoisotopic (exact) mass is 261 g/mol. The van der Waals surface area contributed by atoms with Crippen LogP contribution in [0.5, 0.6) is 0 Å². The second-order valence-electron chi connectivity index (χ2n) is 4.21. The first-order valence-corrected chi connectivity index (χ1v) is 6.51. The van der Waals surface area contributed by atoms with Crippen molar-refractivity contribution in [3.8, 4) is 0 Å². The van der Waals surface area contributed by atoms with Gasteiger partial charge in [-0.15, -0.1) is 23.7 Å². The minimum absolute atomic E-state index is 0. The summed E-state index contributed by atoms with van der Waals surface area (Å²) in [7, 11) is 0. The van der Waals surface area contributed by atoms with Crippen molar-refractivity contribution >= 4 is 23.7 Å². The Morgan fingerprint density at radius 2 is 2.44 bits per heavy atom. The summed E-state index contributed by atoms with van der Waals surface area (Å²) < 4.78 is 0. The van der Waals surface area contributed by atoms with E-state index in [0.29, 0.717) is 6.04 Å². The highest BCUT2D eigenvalue weighted by atomic mass is 35.5. The van der Waals surface area contributed by atoms with E-state index in [4.69, 9.17) is 5.73 Å². The number of hydrogen-bond donors (Lipinski definition) is 1. The fourth-order valence-electron chi connectivity index (χ4n) is 2.01. The molecule has 2 heterocycles. The lowest BCUT2D eigenvalue weighted by Gasteiger charge is -2.29. The normalized spacial score (nSPS) is 21.8. The van der Waals surface area contributed by atoms with E-state index in [1.165, 1.54) is 29.3 Å². The zero-order chi connectivity index (χ0) is 10.7. The number of nitrogens with zero attached hydrogens (tertiary/aromatic N) is 2. The summed E-state index contributed by atoms with van der Waals surface area (Å²) in [5.74, 6) is 0. The van der Waals surface area contributed by atoms with Gasteiger partial charge in [0, 0.05) is 23.7 Å². The lowest BCUT2D eigenvalue weighted by molar-refractivity contribution is 0.201. The van der Waals surface area contributed by atoms with Crippen molar-refractivity contribution in [1.82, 2.24) is 9.88 Å². The summed E-state index contributed by atoms with van der Waals surface area (Å²) in [5.41, 5.74) is 5.95. The van der Waals surface area contributed by atoms with E-state index in [0.717, 1.165) is 19.5 Å². The highest BCUT2D eigenvalue weighted by Crippen LogP contribution is 2.17. The molecular formula is C11H20ClN3S. The Labute approximate surface area is 107 Å². The Morgan fingerprint density at radius 1 is 1.62 bits per heavy atom. The number of likely N-dealkylation sites (tertiary alicyclic amines) is 1. The molecule has 0 unspecified atom stereocenters. The topological polar surface area (TPSA) is 42.2 Å². The molecule has 2 N–H and O–H groups in total. The molecule has 5 heteroatoms. The molecule has 0 saturated carbocycles. The lowest BCUT2D eigenvalue weighted by atomic mass is 10.1. The van der Waals surface area contributed by atoms with Crippen LogP contribution < -0.4 is 5.73 Å². The number of hydrogen-bond acceptors (Lipinski definition) is 4. The molecule has 1 aromatic rings. The summed E-state index contributed by atoms with van der Waals surface area (Å²) in [4.78, 5) is 8.25. The van der Waals surface area contributed by atoms with Gasteiger partial charge in [-0.3, -0.25) is 4.90 Å². The minimum Gasteiger partial charge on any atom is -0.327 e. The molecule has 16 heavy (non-hydrogen) atoms. The SMILES string of the molecule is CCc1cnc(CN2CCC[C@@H](N)C2)s1.Cl. The van der Waals surface area contributed by atoms with Gasteiger partial charge in [0.05, 0.1) is 6.54 Å². The molecule has 0 bridgehead atoms. The summed E-state index contributed by atoms with van der Waals surface area (Å²) in [5, 5.41) is 1.24. The van der Waals surface area contributed by atoms with E-state index in [1.807, 2.05) is 17.5 Å². The second-order valence-corrected chi connectivity index (χ2v) is 5.41. The average Bonchev–Trinajstić information content (AvgIpc) is 2.65. The van der Waals surface area contributed by atoms with Gasteiger partial charge in [0.2, 0.25) is 0 Å². The van der Waals surface area contributed by atoms with Crippen molar-refractivity contribution in [2.45, 2.75) is 38.8 Å². The first-order valence-electron chi connectivity index (χ1n) is 5.69. The number of piperidine rings is 1. The maximum atomic E-state index is 5.95. The van der Waals surface area contributed by atoms with Gasteiger partial charge in [-0.25, -0.2) is 4.98 Å². The molecule has 0 aliphatic carbocycles. The van der Waals surface area contributed by atoms with E-state index in [-0.39, 0.29) is 12.4 Å². The Balaban J connectivity index is 0.00000128. The molecule has 2 rings (SSSR count). The van der Waals surface area contributed by atoms with Crippen LogP contribution >= 0.6 is 23.7 Å². The van der Waals surface area contributed by atoms with E-state index in [1.54, 1.807) is 0 Å². The Hall–Kier alpha value is -0.160. The molecule has 1 saturated heterocycles. The van der Waals surface area contributed by atoms with Crippen LogP contribution in [0.15, 0.2) is 6.20 Å². The number of aryl methyl sites for hydroxylation is 1. The smallest absolute Gasteiger partial charge is 0.107 e. The maximum Gasteiger partial charge on any atom is 0.107 e. The highest BCUT2D eigenvalue weighted by molar-refractivity contribution is 7.11. The quantitative estimate of drug-likeness (QED) is 0.906. The fraction of sp³-hybridized carbons (Fsp3) is 0.727. The van der Waals surface area contributed by atoms with Crippen LogP contribution in [0.1, 0.15) is 29.7 Å². The Kier molecular flexibility index (Phi) is 5.69. The van der Waals surface area contributed by atoms with Crippen LogP contribution in [-0.4, -0.2) is 29.0 Å². The molecule has 1 fully saturated rings. The van der Waals surface area contributed by atoms with Gasteiger partial charge >= 0.3 is 0 Å². The number of thiazole rings is 1. The molecule has 0 amide bonds. The summed E-state index contributed by atoms with van der Waals surface area (Å²) in [6.07, 6.45) is 5.50. The van der Waals surface area contributed by atoms with Crippen molar-refractivity contribution < 1.29 is 0 Å². The molecule has 1 aliphatic rings. The number of rotatable bonds is 3. The van der Waals surface area contributed by atoms with Crippen molar-refractivity contribution in [1.29, 1.82) is 0 Å². The third kappa shape index (κ3) is 3.70. The van der Waals surface area contributed by atoms with Gasteiger partial charge < -0.3 is 5.73 Å². The van der Waals surface area contributed by atoms with E-state index in [9.17, 15) is 0 Å². The predicted molar refractivity (Wildman–Crippen MR) is 71.2 cm³/mol. The third-order valence-corrected chi connectivity index (χ3v) is 3.98. The minimum atomic E-state index is 0. The third-order valence-electron chi connectivity index (χ3n) is 2.85. The molecule has 3 nitrogen and oxygen atoms in total. The molecular weight excluding hydrogens is 242 g/mol. The highest BCUT2D eigenvalue weighted by Gasteiger charge is 2.17. The van der Waals surface area contributed by atoms with Crippen LogP contribution in [0.2, 0.25) is 0 Å². The summed E-state index contributed by atoms with van der Waals surface area (Å²) >= 11 is 1.83. The van der Waals surface area contributed by atoms with Crippen LogP contribution in [0.3, 0.4) is 0 Å². The van der Waals surface area contributed by atoms with Gasteiger partial charge in [-0.1, -0.05) is 6.92 Å². The molecule has 0 aromatic carbocycles. The zero-order valence-corrected chi connectivity index (χ0v) is 11.3. The molecule has 92 valence electrons. The van der Waals surface area contributed by atoms with Crippen molar-refractivity contribution in [2.75, 3.05) is 13.1 Å². The van der Waals surface area contributed by atoms with E-state index >= 15 is 0 Å². The first-order chi connectivity index (χ1) is 7.28. The zero-order valence-electron chi connectivity index (χ0n) is 9.69. The molecule has 0 radical (unpaired) electrons. The van der Waals surface area contributed by atoms with Crippen LogP contribution in [0.4, 0.5) is 0 Å². The van der Waals surface area contributed by atoms with Crippen molar-refractivity contribution in [3.05, 3.63) is 16.1 Å². The molecule has 0 spiro atoms. The number of halogens is 1. The Morgan fingerprint density at radius 3 is 3.06 bits per heavy atom. The molecule has 1 aromatic heterocycles. The maximum absolute atomic E-state index is 5.95. The predicted octanol–water partition coefficient (Wildman–Crippen LogP) is 2.05. The summed E-state index contributed by atoms with van der Waals surface area (Å²) in [6, 6.07) is 0.365. The fourth-order valence-corrected chi connectivity index (χ4v) is 2.92. The van der Waals surface area contributed by atoms with Crippen LogP contribution in [0, 0.1) is 0 Å². The largest absolute Gasteiger partial charge is 0.327 e. The van der Waals surface area contributed by atoms with Gasteiger partial charge in [0.1, 0.15) is 5.01 Å². The molecule has 1 atom stereocenters. The van der Waals surface area contributed by atoms with Gasteiger partial charge in [-0.2, -0.15) is 0 Å².